The van der Waals surface area contributed by atoms with Gasteiger partial charge in [-0.2, -0.15) is 0 Å². The van der Waals surface area contributed by atoms with Gasteiger partial charge in [0, 0.05) is 49.4 Å². The Kier molecular flexibility index (Phi) is 5.04. The monoisotopic (exact) mass is 443 g/mol. The maximum absolute atomic E-state index is 13.4. The number of piperidine rings is 1. The lowest BCUT2D eigenvalue weighted by Gasteiger charge is -2.33. The predicted molar refractivity (Wildman–Crippen MR) is 128 cm³/mol. The number of hydrogen-bond acceptors (Lipinski definition) is 3. The molecule has 0 unspecified atom stereocenters. The average molecular weight is 444 g/mol. The zero-order chi connectivity index (χ0) is 22.4. The molecule has 1 aliphatic heterocycles. The molecular formula is C26H29N5O2. The van der Waals surface area contributed by atoms with Crippen molar-refractivity contribution < 1.29 is 4.79 Å². The van der Waals surface area contributed by atoms with E-state index in [4.69, 9.17) is 0 Å². The number of nitrogens with one attached hydrogen (secondary N) is 1. The number of pyridine rings is 1. The minimum Gasteiger partial charge on any atom is -0.361 e. The van der Waals surface area contributed by atoms with Gasteiger partial charge in [0.25, 0.3) is 0 Å². The van der Waals surface area contributed by atoms with Crippen molar-refractivity contribution in [1.82, 2.24) is 24.0 Å². The first-order chi connectivity index (χ1) is 16.2. The van der Waals surface area contributed by atoms with E-state index in [1.807, 2.05) is 44.5 Å². The fourth-order valence-electron chi connectivity index (χ4n) is 5.30. The number of imidazole rings is 1. The molecule has 0 spiro atoms. The molecule has 1 aliphatic carbocycles. The number of carbonyl (C=O) groups is 1. The number of amides is 1. The molecule has 1 atom stereocenters. The zero-order valence-electron chi connectivity index (χ0n) is 18.7. The van der Waals surface area contributed by atoms with Gasteiger partial charge in [-0.15, -0.1) is 0 Å². The van der Waals surface area contributed by atoms with Crippen LogP contribution >= 0.6 is 0 Å². The van der Waals surface area contributed by atoms with E-state index in [0.29, 0.717) is 25.3 Å². The summed E-state index contributed by atoms with van der Waals surface area (Å²) in [6.07, 6.45) is 9.15. The molecule has 1 saturated carbocycles. The van der Waals surface area contributed by atoms with Gasteiger partial charge in [-0.3, -0.25) is 13.9 Å². The number of aryl methyl sites for hydroxylation is 1. The summed E-state index contributed by atoms with van der Waals surface area (Å²) >= 11 is 0. The predicted octanol–water partition coefficient (Wildman–Crippen LogP) is 3.89. The lowest BCUT2D eigenvalue weighted by atomic mass is 10.0. The largest absolute Gasteiger partial charge is 0.361 e. The number of aromatic nitrogens is 4. The van der Waals surface area contributed by atoms with E-state index >= 15 is 0 Å². The van der Waals surface area contributed by atoms with E-state index in [1.165, 1.54) is 23.8 Å². The van der Waals surface area contributed by atoms with E-state index in [1.54, 1.807) is 6.20 Å². The lowest BCUT2D eigenvalue weighted by molar-refractivity contribution is -0.132. The van der Waals surface area contributed by atoms with E-state index in [-0.39, 0.29) is 17.6 Å². The topological polar surface area (TPSA) is 75.9 Å². The number of benzene rings is 1. The van der Waals surface area contributed by atoms with Gasteiger partial charge in [-0.1, -0.05) is 18.2 Å². The van der Waals surface area contributed by atoms with E-state index in [9.17, 15) is 9.59 Å². The van der Waals surface area contributed by atoms with E-state index < -0.39 is 0 Å². The van der Waals surface area contributed by atoms with Crippen LogP contribution in [0.5, 0.6) is 0 Å². The molecule has 2 fully saturated rings. The molecule has 0 radical (unpaired) electrons. The number of rotatable bonds is 6. The molecule has 3 aromatic heterocycles. The minimum atomic E-state index is -0.0267. The van der Waals surface area contributed by atoms with Crippen molar-refractivity contribution in [2.45, 2.75) is 51.1 Å². The van der Waals surface area contributed by atoms with Gasteiger partial charge in [-0.05, 0) is 61.8 Å². The van der Waals surface area contributed by atoms with Gasteiger partial charge < -0.3 is 9.88 Å². The third-order valence-electron chi connectivity index (χ3n) is 7.26. The smallest absolute Gasteiger partial charge is 0.330 e. The Hall–Kier alpha value is -3.35. The summed E-state index contributed by atoms with van der Waals surface area (Å²) in [6.45, 7) is 2.10. The molecule has 1 saturated heterocycles. The Balaban J connectivity index is 1.21. The third kappa shape index (κ3) is 3.75. The van der Waals surface area contributed by atoms with Crippen LogP contribution in [0.3, 0.4) is 0 Å². The van der Waals surface area contributed by atoms with Gasteiger partial charge in [0.2, 0.25) is 5.91 Å². The second kappa shape index (κ2) is 8.21. The number of nitrogens with zero attached hydrogens (tertiary/aromatic N) is 4. The first-order valence-electron chi connectivity index (χ1n) is 12.1. The van der Waals surface area contributed by atoms with Crippen molar-refractivity contribution in [2.24, 2.45) is 5.92 Å². The van der Waals surface area contributed by atoms with Crippen molar-refractivity contribution in [2.75, 3.05) is 13.1 Å². The Morgan fingerprint density at radius 2 is 2.00 bits per heavy atom. The highest BCUT2D eigenvalue weighted by Gasteiger charge is 2.30. The van der Waals surface area contributed by atoms with Crippen LogP contribution < -0.4 is 5.69 Å². The minimum absolute atomic E-state index is 0.0219. The highest BCUT2D eigenvalue weighted by Crippen LogP contribution is 2.32. The van der Waals surface area contributed by atoms with Crippen LogP contribution in [0.25, 0.3) is 22.1 Å². The van der Waals surface area contributed by atoms with Gasteiger partial charge >= 0.3 is 5.69 Å². The number of para-hydroxylation sites is 1. The maximum atomic E-state index is 13.4. The van der Waals surface area contributed by atoms with Gasteiger partial charge in [-0.25, -0.2) is 9.78 Å². The molecule has 4 heterocycles. The summed E-state index contributed by atoms with van der Waals surface area (Å²) in [4.78, 5) is 36.3. The SMILES string of the molecule is O=C(CCc1c[nH]c2ccccc12)N1CCC[C@H](n2c(=O)n(CC3CC3)c3cccnc32)C1. The van der Waals surface area contributed by atoms with Crippen molar-refractivity contribution >= 4 is 28.0 Å². The van der Waals surface area contributed by atoms with Crippen molar-refractivity contribution in [3.63, 3.8) is 0 Å². The number of fused-ring (bicyclic) bond motifs is 2. The van der Waals surface area contributed by atoms with Crippen molar-refractivity contribution in [1.29, 1.82) is 0 Å². The molecule has 4 aromatic rings. The quantitative estimate of drug-likeness (QED) is 0.491. The maximum Gasteiger partial charge on any atom is 0.330 e. The van der Waals surface area contributed by atoms with Gasteiger partial charge in [0.15, 0.2) is 5.65 Å². The highest BCUT2D eigenvalue weighted by atomic mass is 16.2. The van der Waals surface area contributed by atoms with Crippen LogP contribution in [-0.2, 0) is 17.8 Å². The van der Waals surface area contributed by atoms with E-state index in [0.717, 1.165) is 42.6 Å². The van der Waals surface area contributed by atoms with Gasteiger partial charge in [0.05, 0.1) is 11.6 Å². The molecule has 1 amide bonds. The molecule has 33 heavy (non-hydrogen) atoms. The van der Waals surface area contributed by atoms with Crippen LogP contribution in [0.4, 0.5) is 0 Å². The standard InChI is InChI=1S/C26H29N5O2/c32-24(12-11-19-15-28-22-7-2-1-6-21(19)22)29-14-4-5-20(17-29)31-25-23(8-3-13-27-25)30(26(31)33)16-18-9-10-18/h1-3,6-8,13,15,18,20,28H,4-5,9-12,14,16-17H2/t20-/m0/s1. The Morgan fingerprint density at radius 3 is 2.88 bits per heavy atom. The Bertz CT molecular complexity index is 1380. The number of aromatic amines is 1. The van der Waals surface area contributed by atoms with Crippen molar-refractivity contribution in [3.05, 3.63) is 64.8 Å². The van der Waals surface area contributed by atoms with Gasteiger partial charge in [0.1, 0.15) is 0 Å². The molecule has 170 valence electrons. The first-order valence-corrected chi connectivity index (χ1v) is 12.1. The molecular weight excluding hydrogens is 414 g/mol. The summed E-state index contributed by atoms with van der Waals surface area (Å²) in [5.41, 5.74) is 3.97. The second-order valence-corrected chi connectivity index (χ2v) is 9.55. The zero-order valence-corrected chi connectivity index (χ0v) is 18.7. The van der Waals surface area contributed by atoms with E-state index in [2.05, 4.69) is 22.1 Å². The van der Waals surface area contributed by atoms with Crippen molar-refractivity contribution in [3.8, 4) is 0 Å². The fourth-order valence-corrected chi connectivity index (χ4v) is 5.30. The summed E-state index contributed by atoms with van der Waals surface area (Å²) in [5.74, 6) is 0.767. The van der Waals surface area contributed by atoms with Crippen LogP contribution in [-0.4, -0.2) is 43.0 Å². The Morgan fingerprint density at radius 1 is 1.12 bits per heavy atom. The molecule has 7 heteroatoms. The molecule has 0 bridgehead atoms. The third-order valence-corrected chi connectivity index (χ3v) is 7.26. The number of likely N-dealkylation sites (tertiary alicyclic amines) is 1. The normalized spacial score (nSPS) is 18.9. The number of carbonyl (C=O) groups excluding carboxylic acids is 1. The summed E-state index contributed by atoms with van der Waals surface area (Å²) in [7, 11) is 0. The first kappa shape index (κ1) is 20.3. The highest BCUT2D eigenvalue weighted by molar-refractivity contribution is 5.84. The van der Waals surface area contributed by atoms with Crippen LogP contribution in [0, 0.1) is 5.92 Å². The molecule has 1 N–H and O–H groups in total. The average Bonchev–Trinajstić information content (AvgIpc) is 3.51. The fraction of sp³-hybridized carbons (Fsp3) is 0.423. The molecule has 7 nitrogen and oxygen atoms in total. The Labute approximate surface area is 192 Å². The van der Waals surface area contributed by atoms with Crippen LogP contribution in [0.1, 0.15) is 43.7 Å². The molecule has 1 aromatic carbocycles. The summed E-state index contributed by atoms with van der Waals surface area (Å²) in [5, 5.41) is 1.18. The number of H-pyrrole nitrogens is 1. The lowest BCUT2D eigenvalue weighted by Crippen LogP contribution is -2.43. The van der Waals surface area contributed by atoms with Crippen LogP contribution in [0.15, 0.2) is 53.6 Å². The van der Waals surface area contributed by atoms with Crippen LogP contribution in [0.2, 0.25) is 0 Å². The molecule has 6 rings (SSSR count). The molecule has 2 aliphatic rings. The number of hydrogen-bond donors (Lipinski definition) is 1. The summed E-state index contributed by atoms with van der Waals surface area (Å²) < 4.78 is 3.76. The second-order valence-electron chi connectivity index (χ2n) is 9.55. The summed E-state index contributed by atoms with van der Waals surface area (Å²) in [6, 6.07) is 12.1.